The fourth-order valence-electron chi connectivity index (χ4n) is 1.85. The summed E-state index contributed by atoms with van der Waals surface area (Å²) in [5.74, 6) is 1.000. The third-order valence-electron chi connectivity index (χ3n) is 2.58. The summed E-state index contributed by atoms with van der Waals surface area (Å²) in [6, 6.07) is 5.86. The van der Waals surface area contributed by atoms with Crippen LogP contribution in [0.3, 0.4) is 0 Å². The SMILES string of the molecule is CC1(C)Oc2ccc(NCc3nccs3)cc2O1. The van der Waals surface area contributed by atoms with Crippen molar-refractivity contribution in [2.45, 2.75) is 26.2 Å². The van der Waals surface area contributed by atoms with E-state index in [2.05, 4.69) is 10.3 Å². The minimum Gasteiger partial charge on any atom is -0.449 e. The van der Waals surface area contributed by atoms with Gasteiger partial charge in [0.25, 0.3) is 0 Å². The van der Waals surface area contributed by atoms with Gasteiger partial charge in [0.15, 0.2) is 11.5 Å². The zero-order valence-corrected chi connectivity index (χ0v) is 11.1. The van der Waals surface area contributed by atoms with E-state index in [1.807, 2.05) is 43.6 Å². The van der Waals surface area contributed by atoms with Gasteiger partial charge in [-0.05, 0) is 12.1 Å². The predicted octanol–water partition coefficient (Wildman–Crippen LogP) is 3.26. The lowest BCUT2D eigenvalue weighted by Crippen LogP contribution is -2.29. The van der Waals surface area contributed by atoms with Gasteiger partial charge in [-0.3, -0.25) is 0 Å². The van der Waals surface area contributed by atoms with Gasteiger partial charge in [0.2, 0.25) is 5.79 Å². The van der Waals surface area contributed by atoms with Crippen LogP contribution in [-0.4, -0.2) is 10.8 Å². The highest BCUT2D eigenvalue weighted by atomic mass is 32.1. The van der Waals surface area contributed by atoms with Crippen LogP contribution in [0.1, 0.15) is 18.9 Å². The molecule has 2 aromatic rings. The van der Waals surface area contributed by atoms with Crippen molar-refractivity contribution in [3.05, 3.63) is 34.8 Å². The summed E-state index contributed by atoms with van der Waals surface area (Å²) in [5.41, 5.74) is 1.00. The van der Waals surface area contributed by atoms with E-state index < -0.39 is 5.79 Å². The van der Waals surface area contributed by atoms with E-state index in [1.54, 1.807) is 11.3 Å². The third-order valence-corrected chi connectivity index (χ3v) is 3.36. The van der Waals surface area contributed by atoms with Crippen LogP contribution in [0.5, 0.6) is 11.5 Å². The van der Waals surface area contributed by atoms with Gasteiger partial charge >= 0.3 is 0 Å². The number of aromatic nitrogens is 1. The molecular formula is C13H14N2O2S. The van der Waals surface area contributed by atoms with Crippen molar-refractivity contribution >= 4 is 17.0 Å². The van der Waals surface area contributed by atoms with Gasteiger partial charge in [0.1, 0.15) is 5.01 Å². The standard InChI is InChI=1S/C13H14N2O2S/c1-13(2)16-10-4-3-9(7-11(10)17-13)15-8-12-14-5-6-18-12/h3-7,15H,8H2,1-2H3. The molecular weight excluding hydrogens is 248 g/mol. The molecule has 0 spiro atoms. The molecule has 0 saturated carbocycles. The average molecular weight is 262 g/mol. The van der Waals surface area contributed by atoms with Crippen molar-refractivity contribution in [2.75, 3.05) is 5.32 Å². The van der Waals surface area contributed by atoms with Crippen LogP contribution in [0.4, 0.5) is 5.69 Å². The number of fused-ring (bicyclic) bond motifs is 1. The van der Waals surface area contributed by atoms with Crippen LogP contribution in [0.25, 0.3) is 0 Å². The van der Waals surface area contributed by atoms with Crippen LogP contribution in [-0.2, 0) is 6.54 Å². The Hall–Kier alpha value is -1.75. The maximum atomic E-state index is 5.70. The smallest absolute Gasteiger partial charge is 0.246 e. The van der Waals surface area contributed by atoms with Crippen molar-refractivity contribution in [1.82, 2.24) is 4.98 Å². The van der Waals surface area contributed by atoms with Gasteiger partial charge in [-0.2, -0.15) is 0 Å². The fraction of sp³-hybridized carbons (Fsp3) is 0.308. The Bertz CT molecular complexity index is 552. The van der Waals surface area contributed by atoms with E-state index in [1.165, 1.54) is 0 Å². The van der Waals surface area contributed by atoms with Crippen molar-refractivity contribution in [3.8, 4) is 11.5 Å². The number of thiazole rings is 1. The van der Waals surface area contributed by atoms with Crippen LogP contribution in [0.2, 0.25) is 0 Å². The predicted molar refractivity (Wildman–Crippen MR) is 71.2 cm³/mol. The lowest BCUT2D eigenvalue weighted by molar-refractivity contribution is -0.0431. The zero-order valence-electron chi connectivity index (χ0n) is 10.3. The molecule has 1 aliphatic heterocycles. The van der Waals surface area contributed by atoms with E-state index in [9.17, 15) is 0 Å². The summed E-state index contributed by atoms with van der Waals surface area (Å²) in [7, 11) is 0. The van der Waals surface area contributed by atoms with Crippen molar-refractivity contribution in [1.29, 1.82) is 0 Å². The Labute approximate surface area is 110 Å². The highest BCUT2D eigenvalue weighted by molar-refractivity contribution is 7.09. The molecule has 0 saturated heterocycles. The first-order chi connectivity index (χ1) is 8.62. The van der Waals surface area contributed by atoms with Gasteiger partial charge in [0, 0.05) is 37.2 Å². The molecule has 0 atom stereocenters. The van der Waals surface area contributed by atoms with Gasteiger partial charge in [-0.15, -0.1) is 11.3 Å². The topological polar surface area (TPSA) is 43.4 Å². The zero-order chi connectivity index (χ0) is 12.6. The van der Waals surface area contributed by atoms with Crippen LogP contribution in [0.15, 0.2) is 29.8 Å². The van der Waals surface area contributed by atoms with Crippen molar-refractivity contribution in [3.63, 3.8) is 0 Å². The molecule has 94 valence electrons. The maximum absolute atomic E-state index is 5.70. The Kier molecular flexibility index (Phi) is 2.63. The summed E-state index contributed by atoms with van der Waals surface area (Å²) in [6.07, 6.45) is 1.81. The number of nitrogens with zero attached hydrogens (tertiary/aromatic N) is 1. The summed E-state index contributed by atoms with van der Waals surface area (Å²) in [5, 5.41) is 6.35. The molecule has 18 heavy (non-hydrogen) atoms. The minimum absolute atomic E-state index is 0.573. The Balaban J connectivity index is 1.72. The van der Waals surface area contributed by atoms with Crippen molar-refractivity contribution < 1.29 is 9.47 Å². The molecule has 5 heteroatoms. The average Bonchev–Trinajstić information content (AvgIpc) is 2.90. The van der Waals surface area contributed by atoms with E-state index in [-0.39, 0.29) is 0 Å². The molecule has 4 nitrogen and oxygen atoms in total. The Morgan fingerprint density at radius 3 is 2.89 bits per heavy atom. The van der Waals surface area contributed by atoms with Crippen LogP contribution in [0, 0.1) is 0 Å². The van der Waals surface area contributed by atoms with E-state index in [0.29, 0.717) is 0 Å². The molecule has 2 heterocycles. The van der Waals surface area contributed by atoms with Crippen LogP contribution < -0.4 is 14.8 Å². The number of hydrogen-bond acceptors (Lipinski definition) is 5. The molecule has 1 aromatic heterocycles. The van der Waals surface area contributed by atoms with Gasteiger partial charge in [-0.1, -0.05) is 0 Å². The summed E-state index contributed by atoms with van der Waals surface area (Å²) < 4.78 is 11.3. The second-order valence-corrected chi connectivity index (χ2v) is 5.52. The molecule has 0 aliphatic carbocycles. The van der Waals surface area contributed by atoms with Gasteiger partial charge in [0.05, 0.1) is 6.54 Å². The van der Waals surface area contributed by atoms with Gasteiger partial charge in [-0.25, -0.2) is 4.98 Å². The van der Waals surface area contributed by atoms with E-state index in [4.69, 9.17) is 9.47 Å². The minimum atomic E-state index is -0.573. The quantitative estimate of drug-likeness (QED) is 0.922. The Morgan fingerprint density at radius 1 is 1.28 bits per heavy atom. The number of nitrogens with one attached hydrogen (secondary N) is 1. The number of benzene rings is 1. The van der Waals surface area contributed by atoms with Crippen molar-refractivity contribution in [2.24, 2.45) is 0 Å². The molecule has 1 aromatic carbocycles. The summed E-state index contributed by atoms with van der Waals surface area (Å²) in [6.45, 7) is 4.52. The first kappa shape index (κ1) is 11.3. The molecule has 0 fully saturated rings. The first-order valence-corrected chi connectivity index (χ1v) is 6.65. The molecule has 0 unspecified atom stereocenters. The second kappa shape index (κ2) is 4.17. The molecule has 0 radical (unpaired) electrons. The van der Waals surface area contributed by atoms with Crippen LogP contribution >= 0.6 is 11.3 Å². The monoisotopic (exact) mass is 262 g/mol. The fourth-order valence-corrected chi connectivity index (χ4v) is 2.41. The summed E-state index contributed by atoms with van der Waals surface area (Å²) >= 11 is 1.64. The highest BCUT2D eigenvalue weighted by Gasteiger charge is 2.31. The summed E-state index contributed by atoms with van der Waals surface area (Å²) in [4.78, 5) is 4.23. The number of ether oxygens (including phenoxy) is 2. The molecule has 0 bridgehead atoms. The number of hydrogen-bond donors (Lipinski definition) is 1. The molecule has 1 N–H and O–H groups in total. The molecule has 1 aliphatic rings. The van der Waals surface area contributed by atoms with E-state index >= 15 is 0 Å². The normalized spacial score (nSPS) is 15.7. The largest absolute Gasteiger partial charge is 0.449 e. The third kappa shape index (κ3) is 2.26. The molecule has 0 amide bonds. The first-order valence-electron chi connectivity index (χ1n) is 5.77. The Morgan fingerprint density at radius 2 is 2.11 bits per heavy atom. The van der Waals surface area contributed by atoms with E-state index in [0.717, 1.165) is 28.7 Å². The number of rotatable bonds is 3. The second-order valence-electron chi connectivity index (χ2n) is 4.54. The number of anilines is 1. The molecule has 3 rings (SSSR count). The maximum Gasteiger partial charge on any atom is 0.246 e. The van der Waals surface area contributed by atoms with Gasteiger partial charge < -0.3 is 14.8 Å². The lowest BCUT2D eigenvalue weighted by atomic mass is 10.3. The highest BCUT2D eigenvalue weighted by Crippen LogP contribution is 2.40. The lowest BCUT2D eigenvalue weighted by Gasteiger charge is -2.16.